The molecule has 1 aliphatic heterocycles. The van der Waals surface area contributed by atoms with Crippen LogP contribution in [0.15, 0.2) is 36.4 Å². The summed E-state index contributed by atoms with van der Waals surface area (Å²) in [7, 11) is 0. The van der Waals surface area contributed by atoms with Gasteiger partial charge < -0.3 is 10.4 Å². The fourth-order valence-electron chi connectivity index (χ4n) is 4.34. The summed E-state index contributed by atoms with van der Waals surface area (Å²) in [5.74, 6) is -2.23. The van der Waals surface area contributed by atoms with E-state index in [1.807, 2.05) is 12.2 Å². The Labute approximate surface area is 149 Å². The van der Waals surface area contributed by atoms with E-state index in [9.17, 15) is 19.2 Å². The van der Waals surface area contributed by atoms with Gasteiger partial charge in [0.25, 0.3) is 0 Å². The van der Waals surface area contributed by atoms with Crippen LogP contribution in [0.2, 0.25) is 0 Å². The molecular weight excluding hydrogens is 336 g/mol. The molecule has 2 aliphatic carbocycles. The van der Waals surface area contributed by atoms with E-state index >= 15 is 0 Å². The Morgan fingerprint density at radius 3 is 2.15 bits per heavy atom. The lowest BCUT2D eigenvalue weighted by atomic mass is 9.85. The zero-order valence-electron chi connectivity index (χ0n) is 13.9. The van der Waals surface area contributed by atoms with Crippen LogP contribution in [0.1, 0.15) is 12.0 Å². The summed E-state index contributed by atoms with van der Waals surface area (Å²) in [6, 6.07) is 6.43. The number of fused-ring (bicyclic) bond motifs is 5. The van der Waals surface area contributed by atoms with E-state index in [1.165, 1.54) is 0 Å². The van der Waals surface area contributed by atoms with Crippen LogP contribution in [-0.4, -0.2) is 40.2 Å². The normalized spacial score (nSPS) is 28.5. The molecule has 0 unspecified atom stereocenters. The summed E-state index contributed by atoms with van der Waals surface area (Å²) >= 11 is 0. The van der Waals surface area contributed by atoms with Gasteiger partial charge in [-0.05, 0) is 36.0 Å². The first-order valence-corrected chi connectivity index (χ1v) is 8.58. The van der Waals surface area contributed by atoms with Crippen molar-refractivity contribution >= 4 is 29.4 Å². The Hall–Kier alpha value is -2.96. The number of amides is 3. The average Bonchev–Trinajstić information content (AvgIpc) is 3.26. The summed E-state index contributed by atoms with van der Waals surface area (Å²) < 4.78 is 0. The van der Waals surface area contributed by atoms with E-state index in [2.05, 4.69) is 5.32 Å². The second-order valence-corrected chi connectivity index (χ2v) is 7.08. The maximum Gasteiger partial charge on any atom is 0.307 e. The number of carbonyl (C=O) groups excluding carboxylic acids is 3. The fourth-order valence-corrected chi connectivity index (χ4v) is 4.34. The molecule has 26 heavy (non-hydrogen) atoms. The molecule has 3 amide bonds. The van der Waals surface area contributed by atoms with Crippen molar-refractivity contribution in [3.8, 4) is 0 Å². The third-order valence-electron chi connectivity index (χ3n) is 5.46. The van der Waals surface area contributed by atoms with Crippen LogP contribution in [0.3, 0.4) is 0 Å². The number of allylic oxidation sites excluding steroid dienone is 2. The number of nitrogens with zero attached hydrogens (tertiary/aromatic N) is 1. The predicted octanol–water partition coefficient (Wildman–Crippen LogP) is 1.06. The van der Waals surface area contributed by atoms with E-state index in [4.69, 9.17) is 5.11 Å². The highest BCUT2D eigenvalue weighted by Crippen LogP contribution is 2.52. The number of hydrogen-bond acceptors (Lipinski definition) is 4. The van der Waals surface area contributed by atoms with Gasteiger partial charge in [-0.3, -0.25) is 24.1 Å². The molecule has 7 nitrogen and oxygen atoms in total. The summed E-state index contributed by atoms with van der Waals surface area (Å²) in [6.07, 6.45) is 4.79. The first-order chi connectivity index (χ1) is 12.4. The number of nitrogens with one attached hydrogen (secondary N) is 1. The summed E-state index contributed by atoms with van der Waals surface area (Å²) in [5.41, 5.74) is 1.11. The van der Waals surface area contributed by atoms with Crippen molar-refractivity contribution < 1.29 is 24.3 Å². The SMILES string of the molecule is O=C(O)Cc1ccc(NC(=O)CN2C(=O)[C@@H]3[C@@H](C2=O)[C@H]2C=C[C@H]3C2)cc1. The van der Waals surface area contributed by atoms with Gasteiger partial charge >= 0.3 is 5.97 Å². The van der Waals surface area contributed by atoms with Gasteiger partial charge in [0.15, 0.2) is 0 Å². The van der Waals surface area contributed by atoms with E-state index in [0.29, 0.717) is 11.3 Å². The Kier molecular flexibility index (Phi) is 3.86. The first kappa shape index (κ1) is 16.5. The monoisotopic (exact) mass is 354 g/mol. The summed E-state index contributed by atoms with van der Waals surface area (Å²) in [5, 5.41) is 11.4. The Balaban J connectivity index is 1.39. The van der Waals surface area contributed by atoms with Crippen molar-refractivity contribution in [2.45, 2.75) is 12.8 Å². The molecule has 0 spiro atoms. The van der Waals surface area contributed by atoms with E-state index in [-0.39, 0.29) is 48.5 Å². The van der Waals surface area contributed by atoms with Crippen molar-refractivity contribution in [3.63, 3.8) is 0 Å². The third kappa shape index (κ3) is 2.69. The second-order valence-electron chi connectivity index (χ2n) is 7.08. The number of carboxylic acid groups (broad SMARTS) is 1. The van der Waals surface area contributed by atoms with Crippen molar-refractivity contribution in [2.24, 2.45) is 23.7 Å². The lowest BCUT2D eigenvalue weighted by Crippen LogP contribution is -2.39. The molecule has 4 atom stereocenters. The second kappa shape index (κ2) is 6.09. The molecule has 1 saturated carbocycles. The van der Waals surface area contributed by atoms with Crippen molar-refractivity contribution in [2.75, 3.05) is 11.9 Å². The van der Waals surface area contributed by atoms with Gasteiger partial charge in [-0.1, -0.05) is 24.3 Å². The molecule has 2 bridgehead atoms. The molecule has 1 aromatic rings. The molecule has 134 valence electrons. The van der Waals surface area contributed by atoms with Gasteiger partial charge in [-0.2, -0.15) is 0 Å². The third-order valence-corrected chi connectivity index (χ3v) is 5.46. The van der Waals surface area contributed by atoms with Crippen molar-refractivity contribution in [1.82, 2.24) is 4.90 Å². The van der Waals surface area contributed by atoms with Crippen molar-refractivity contribution in [1.29, 1.82) is 0 Å². The van der Waals surface area contributed by atoms with Crippen LogP contribution in [0.4, 0.5) is 5.69 Å². The fraction of sp³-hybridized carbons (Fsp3) is 0.368. The highest BCUT2D eigenvalue weighted by Gasteiger charge is 2.59. The quantitative estimate of drug-likeness (QED) is 0.608. The number of hydrogen-bond donors (Lipinski definition) is 2. The van der Waals surface area contributed by atoms with E-state index in [1.54, 1.807) is 24.3 Å². The molecule has 2 fully saturated rings. The standard InChI is InChI=1S/C19H18N2O5/c22-14(20-13-5-1-10(2-6-13)7-15(23)24)9-21-18(25)16-11-3-4-12(8-11)17(16)19(21)26/h1-6,11-12,16-17H,7-9H2,(H,20,22)(H,23,24)/t11-,12-,16-,17-/m0/s1. The molecule has 1 heterocycles. The van der Waals surface area contributed by atoms with Crippen LogP contribution >= 0.6 is 0 Å². The molecule has 0 radical (unpaired) electrons. The number of anilines is 1. The van der Waals surface area contributed by atoms with Crippen LogP contribution in [-0.2, 0) is 25.6 Å². The van der Waals surface area contributed by atoms with Crippen molar-refractivity contribution in [3.05, 3.63) is 42.0 Å². The first-order valence-electron chi connectivity index (χ1n) is 8.58. The predicted molar refractivity (Wildman–Crippen MR) is 90.8 cm³/mol. The van der Waals surface area contributed by atoms with E-state index in [0.717, 1.165) is 11.3 Å². The van der Waals surface area contributed by atoms with Gasteiger partial charge in [-0.25, -0.2) is 0 Å². The molecule has 0 aromatic heterocycles. The number of aliphatic carboxylic acids is 1. The molecule has 7 heteroatoms. The Morgan fingerprint density at radius 2 is 1.62 bits per heavy atom. The summed E-state index contributed by atoms with van der Waals surface area (Å²) in [6.45, 7) is -0.291. The molecular formula is C19H18N2O5. The largest absolute Gasteiger partial charge is 0.481 e. The molecule has 2 N–H and O–H groups in total. The lowest BCUT2D eigenvalue weighted by molar-refractivity contribution is -0.143. The highest BCUT2D eigenvalue weighted by atomic mass is 16.4. The average molecular weight is 354 g/mol. The number of carboxylic acids is 1. The van der Waals surface area contributed by atoms with Crippen LogP contribution in [0.5, 0.6) is 0 Å². The topological polar surface area (TPSA) is 104 Å². The minimum absolute atomic E-state index is 0.0931. The van der Waals surface area contributed by atoms with Crippen LogP contribution < -0.4 is 5.32 Å². The van der Waals surface area contributed by atoms with Crippen LogP contribution in [0.25, 0.3) is 0 Å². The zero-order chi connectivity index (χ0) is 18.4. The Bertz CT molecular complexity index is 799. The minimum atomic E-state index is -0.929. The number of imide groups is 1. The number of rotatable bonds is 5. The summed E-state index contributed by atoms with van der Waals surface area (Å²) in [4.78, 5) is 49.1. The van der Waals surface area contributed by atoms with Gasteiger partial charge in [0, 0.05) is 5.69 Å². The number of carbonyl (C=O) groups is 4. The van der Waals surface area contributed by atoms with E-state index < -0.39 is 11.9 Å². The zero-order valence-corrected chi connectivity index (χ0v) is 13.9. The minimum Gasteiger partial charge on any atom is -0.481 e. The van der Waals surface area contributed by atoms with Gasteiger partial charge in [0.05, 0.1) is 18.3 Å². The Morgan fingerprint density at radius 1 is 1.04 bits per heavy atom. The van der Waals surface area contributed by atoms with Gasteiger partial charge in [0.2, 0.25) is 17.7 Å². The number of benzene rings is 1. The maximum absolute atomic E-state index is 12.6. The van der Waals surface area contributed by atoms with Gasteiger partial charge in [-0.15, -0.1) is 0 Å². The number of likely N-dealkylation sites (tertiary alicyclic amines) is 1. The molecule has 4 rings (SSSR count). The lowest BCUT2D eigenvalue weighted by Gasteiger charge is -2.16. The smallest absolute Gasteiger partial charge is 0.307 e. The highest BCUT2D eigenvalue weighted by molar-refractivity contribution is 6.09. The van der Waals surface area contributed by atoms with Gasteiger partial charge in [0.1, 0.15) is 6.54 Å². The maximum atomic E-state index is 12.6. The molecule has 3 aliphatic rings. The van der Waals surface area contributed by atoms with Crippen LogP contribution in [0, 0.1) is 23.7 Å². The molecule has 1 aromatic carbocycles. The molecule has 1 saturated heterocycles.